The lowest BCUT2D eigenvalue weighted by Gasteiger charge is -2.28. The van der Waals surface area contributed by atoms with Gasteiger partial charge in [-0.1, -0.05) is 26.2 Å². The fraction of sp³-hybridized carbons (Fsp3) is 0.765. The Hall–Kier alpha value is -0.640. The lowest BCUT2D eigenvalue weighted by molar-refractivity contribution is 0.307. The zero-order valence-corrected chi connectivity index (χ0v) is 14.7. The summed E-state index contributed by atoms with van der Waals surface area (Å²) in [5, 5.41) is 3.41. The Bertz CT molecular complexity index is 499. The van der Waals surface area contributed by atoms with E-state index in [1.165, 1.54) is 50.6 Å². The summed E-state index contributed by atoms with van der Waals surface area (Å²) in [6, 6.07) is 0. The Labute approximate surface area is 136 Å². The van der Waals surface area contributed by atoms with Crippen LogP contribution in [0.3, 0.4) is 0 Å². The molecule has 2 aliphatic rings. The van der Waals surface area contributed by atoms with Crippen LogP contribution in [0.25, 0.3) is 0 Å². The van der Waals surface area contributed by atoms with E-state index in [1.807, 2.05) is 0 Å². The number of hydrogen-bond acceptors (Lipinski definition) is 3. The summed E-state index contributed by atoms with van der Waals surface area (Å²) < 4.78 is 1.10. The minimum Gasteiger partial charge on any atom is -0.369 e. The number of anilines is 1. The second-order valence-electron chi connectivity index (χ2n) is 6.57. The highest BCUT2D eigenvalue weighted by atomic mass is 79.9. The molecule has 2 unspecified atom stereocenters. The van der Waals surface area contributed by atoms with Crippen LogP contribution in [0.15, 0.2) is 4.47 Å². The van der Waals surface area contributed by atoms with E-state index >= 15 is 0 Å². The molecule has 21 heavy (non-hydrogen) atoms. The molecule has 2 atom stereocenters. The first-order chi connectivity index (χ1) is 10.2. The van der Waals surface area contributed by atoms with Gasteiger partial charge in [0.2, 0.25) is 0 Å². The van der Waals surface area contributed by atoms with E-state index in [9.17, 15) is 0 Å². The van der Waals surface area contributed by atoms with Crippen molar-refractivity contribution >= 4 is 21.7 Å². The first kappa shape index (κ1) is 15.3. The number of hydrogen-bond donors (Lipinski definition) is 1. The fourth-order valence-electron chi connectivity index (χ4n) is 3.47. The van der Waals surface area contributed by atoms with E-state index in [2.05, 4.69) is 35.1 Å². The Morgan fingerprint density at radius 2 is 1.90 bits per heavy atom. The Kier molecular flexibility index (Phi) is 4.82. The van der Waals surface area contributed by atoms with Gasteiger partial charge in [0.25, 0.3) is 0 Å². The van der Waals surface area contributed by atoms with Crippen molar-refractivity contribution in [3.05, 3.63) is 16.0 Å². The van der Waals surface area contributed by atoms with Crippen LogP contribution < -0.4 is 5.32 Å². The summed E-state index contributed by atoms with van der Waals surface area (Å²) in [6.07, 6.45) is 9.10. The third kappa shape index (κ3) is 3.41. The molecule has 0 spiro atoms. The standard InChI is InChI=1S/C17H26BrN3/c1-3-11-6-5-7-13(10-11)16-20-15(12-8-9-12)14(18)17(21-16)19-4-2/h11-13H,3-10H2,1-2H3,(H,19,20,21). The van der Waals surface area contributed by atoms with Gasteiger partial charge in [-0.05, 0) is 54.5 Å². The molecule has 2 saturated carbocycles. The fourth-order valence-corrected chi connectivity index (χ4v) is 4.11. The van der Waals surface area contributed by atoms with Crippen LogP contribution >= 0.6 is 15.9 Å². The number of rotatable bonds is 5. The molecule has 1 heterocycles. The van der Waals surface area contributed by atoms with Crippen molar-refractivity contribution in [2.24, 2.45) is 5.92 Å². The Balaban J connectivity index is 1.90. The number of nitrogens with one attached hydrogen (secondary N) is 1. The third-order valence-electron chi connectivity index (χ3n) is 4.93. The van der Waals surface area contributed by atoms with Crippen molar-refractivity contribution in [2.75, 3.05) is 11.9 Å². The second kappa shape index (κ2) is 6.64. The monoisotopic (exact) mass is 351 g/mol. The maximum atomic E-state index is 4.97. The van der Waals surface area contributed by atoms with Crippen molar-refractivity contribution in [3.8, 4) is 0 Å². The normalized spacial score (nSPS) is 25.9. The molecular formula is C17H26BrN3. The SMILES string of the molecule is CCNc1nc(C2CCCC(CC)C2)nc(C2CC2)c1Br. The van der Waals surface area contributed by atoms with E-state index < -0.39 is 0 Å². The van der Waals surface area contributed by atoms with E-state index in [0.717, 1.165) is 28.6 Å². The van der Waals surface area contributed by atoms with Gasteiger partial charge in [0, 0.05) is 18.4 Å². The van der Waals surface area contributed by atoms with Crippen LogP contribution in [0.1, 0.15) is 82.1 Å². The van der Waals surface area contributed by atoms with Crippen molar-refractivity contribution in [1.82, 2.24) is 9.97 Å². The summed E-state index contributed by atoms with van der Waals surface area (Å²) in [6.45, 7) is 5.34. The highest BCUT2D eigenvalue weighted by Crippen LogP contribution is 2.45. The topological polar surface area (TPSA) is 37.8 Å². The van der Waals surface area contributed by atoms with Gasteiger partial charge in [0.15, 0.2) is 0 Å². The van der Waals surface area contributed by atoms with Crippen LogP contribution in [-0.2, 0) is 0 Å². The highest BCUT2D eigenvalue weighted by molar-refractivity contribution is 9.10. The van der Waals surface area contributed by atoms with Crippen molar-refractivity contribution in [1.29, 1.82) is 0 Å². The molecule has 0 saturated heterocycles. The van der Waals surface area contributed by atoms with Gasteiger partial charge in [-0.3, -0.25) is 0 Å². The quantitative estimate of drug-likeness (QED) is 0.788. The van der Waals surface area contributed by atoms with Crippen LogP contribution in [0.2, 0.25) is 0 Å². The maximum Gasteiger partial charge on any atom is 0.144 e. The van der Waals surface area contributed by atoms with E-state index in [4.69, 9.17) is 9.97 Å². The van der Waals surface area contributed by atoms with Gasteiger partial charge in [-0.25, -0.2) is 9.97 Å². The van der Waals surface area contributed by atoms with E-state index in [1.54, 1.807) is 0 Å². The molecule has 1 aromatic rings. The summed E-state index contributed by atoms with van der Waals surface area (Å²) in [7, 11) is 0. The molecule has 1 N–H and O–H groups in total. The molecule has 3 rings (SSSR count). The van der Waals surface area contributed by atoms with Gasteiger partial charge < -0.3 is 5.32 Å². The molecular weight excluding hydrogens is 326 g/mol. The number of nitrogens with zero attached hydrogens (tertiary/aromatic N) is 2. The van der Waals surface area contributed by atoms with Crippen LogP contribution in [0, 0.1) is 5.92 Å². The summed E-state index contributed by atoms with van der Waals surface area (Å²) in [5.74, 6) is 4.18. The summed E-state index contributed by atoms with van der Waals surface area (Å²) in [5.41, 5.74) is 1.24. The molecule has 0 aliphatic heterocycles. The van der Waals surface area contributed by atoms with Gasteiger partial charge in [0.05, 0.1) is 10.2 Å². The lowest BCUT2D eigenvalue weighted by atomic mass is 9.80. The van der Waals surface area contributed by atoms with E-state index in [-0.39, 0.29) is 0 Å². The van der Waals surface area contributed by atoms with Crippen molar-refractivity contribution < 1.29 is 0 Å². The van der Waals surface area contributed by atoms with E-state index in [0.29, 0.717) is 11.8 Å². The second-order valence-corrected chi connectivity index (χ2v) is 7.37. The van der Waals surface area contributed by atoms with Gasteiger partial charge in [-0.2, -0.15) is 0 Å². The molecule has 116 valence electrons. The molecule has 2 aliphatic carbocycles. The van der Waals surface area contributed by atoms with Crippen molar-refractivity contribution in [2.45, 2.75) is 70.6 Å². The molecule has 2 fully saturated rings. The van der Waals surface area contributed by atoms with Gasteiger partial charge in [-0.15, -0.1) is 0 Å². The Morgan fingerprint density at radius 3 is 2.57 bits per heavy atom. The average molecular weight is 352 g/mol. The van der Waals surface area contributed by atoms with Crippen molar-refractivity contribution in [3.63, 3.8) is 0 Å². The third-order valence-corrected chi connectivity index (χ3v) is 5.71. The van der Waals surface area contributed by atoms with Gasteiger partial charge >= 0.3 is 0 Å². The minimum absolute atomic E-state index is 0.562. The molecule has 0 bridgehead atoms. The number of aromatic nitrogens is 2. The molecule has 0 radical (unpaired) electrons. The summed E-state index contributed by atoms with van der Waals surface area (Å²) in [4.78, 5) is 9.83. The predicted octanol–water partition coefficient (Wildman–Crippen LogP) is 5.23. The first-order valence-electron chi connectivity index (χ1n) is 8.54. The molecule has 3 nitrogen and oxygen atoms in total. The highest BCUT2D eigenvalue weighted by Gasteiger charge is 2.31. The van der Waals surface area contributed by atoms with Crippen LogP contribution in [0.5, 0.6) is 0 Å². The molecule has 1 aromatic heterocycles. The lowest BCUT2D eigenvalue weighted by Crippen LogP contribution is -2.17. The smallest absolute Gasteiger partial charge is 0.144 e. The first-order valence-corrected chi connectivity index (χ1v) is 9.33. The minimum atomic E-state index is 0.562. The molecule has 0 aromatic carbocycles. The molecule has 0 amide bonds. The van der Waals surface area contributed by atoms with Gasteiger partial charge in [0.1, 0.15) is 11.6 Å². The van der Waals surface area contributed by atoms with Crippen LogP contribution in [-0.4, -0.2) is 16.5 Å². The van der Waals surface area contributed by atoms with Crippen LogP contribution in [0.4, 0.5) is 5.82 Å². The zero-order valence-electron chi connectivity index (χ0n) is 13.2. The largest absolute Gasteiger partial charge is 0.369 e. The maximum absolute atomic E-state index is 4.97. The molecule has 4 heteroatoms. The zero-order chi connectivity index (χ0) is 14.8. The summed E-state index contributed by atoms with van der Waals surface area (Å²) >= 11 is 3.72. The Morgan fingerprint density at radius 1 is 1.10 bits per heavy atom. The average Bonchev–Trinajstić information content (AvgIpc) is 3.34. The predicted molar refractivity (Wildman–Crippen MR) is 90.9 cm³/mol. The number of halogens is 1.